The fraction of sp³-hybridized carbons (Fsp3) is 0.500. The number of rotatable bonds is 4. The molecule has 148 valence electrons. The predicted octanol–water partition coefficient (Wildman–Crippen LogP) is 4.54. The Bertz CT molecular complexity index is 894. The highest BCUT2D eigenvalue weighted by molar-refractivity contribution is 7.15. The van der Waals surface area contributed by atoms with Gasteiger partial charge in [0.15, 0.2) is 0 Å². The molecule has 1 aromatic heterocycles. The topological polar surface area (TPSA) is 75.2 Å². The van der Waals surface area contributed by atoms with Crippen molar-refractivity contribution in [3.05, 3.63) is 33.8 Å². The summed E-state index contributed by atoms with van der Waals surface area (Å²) in [6, 6.07) is 5.52. The van der Waals surface area contributed by atoms with Gasteiger partial charge in [-0.1, -0.05) is 48.3 Å². The second kappa shape index (κ2) is 8.17. The number of aromatic nitrogens is 2. The predicted molar refractivity (Wildman–Crippen MR) is 111 cm³/mol. The van der Waals surface area contributed by atoms with Crippen LogP contribution in [0, 0.1) is 12.8 Å². The molecule has 1 aliphatic heterocycles. The van der Waals surface area contributed by atoms with E-state index in [4.69, 9.17) is 11.6 Å². The minimum atomic E-state index is -0.408. The SMILES string of the molecule is Cc1ccc(N2C[C@@H](C(=O)Nc3nnc(C4CCCCC4)s3)CC2=O)cc1Cl. The lowest BCUT2D eigenvalue weighted by Gasteiger charge is -2.18. The molecule has 1 aliphatic carbocycles. The highest BCUT2D eigenvalue weighted by Crippen LogP contribution is 2.35. The van der Waals surface area contributed by atoms with Gasteiger partial charge in [-0.15, -0.1) is 10.2 Å². The van der Waals surface area contributed by atoms with Crippen molar-refractivity contribution in [2.75, 3.05) is 16.8 Å². The molecule has 2 aliphatic rings. The Morgan fingerprint density at radius 2 is 2.04 bits per heavy atom. The largest absolute Gasteiger partial charge is 0.312 e. The lowest BCUT2D eigenvalue weighted by Crippen LogP contribution is -2.28. The number of amides is 2. The van der Waals surface area contributed by atoms with Crippen molar-refractivity contribution in [2.45, 2.75) is 51.4 Å². The Morgan fingerprint density at radius 1 is 1.25 bits per heavy atom. The minimum Gasteiger partial charge on any atom is -0.312 e. The van der Waals surface area contributed by atoms with Crippen LogP contribution in [-0.4, -0.2) is 28.6 Å². The monoisotopic (exact) mass is 418 g/mol. The zero-order valence-electron chi connectivity index (χ0n) is 15.8. The van der Waals surface area contributed by atoms with Crippen LogP contribution in [0.15, 0.2) is 18.2 Å². The Morgan fingerprint density at radius 3 is 2.79 bits per heavy atom. The number of anilines is 2. The number of halogens is 1. The highest BCUT2D eigenvalue weighted by atomic mass is 35.5. The third kappa shape index (κ3) is 4.05. The van der Waals surface area contributed by atoms with Crippen LogP contribution in [0.2, 0.25) is 5.02 Å². The maximum Gasteiger partial charge on any atom is 0.231 e. The summed E-state index contributed by atoms with van der Waals surface area (Å²) in [5.74, 6) is -0.193. The molecule has 2 aromatic rings. The first kappa shape index (κ1) is 19.3. The van der Waals surface area contributed by atoms with Crippen molar-refractivity contribution in [2.24, 2.45) is 5.92 Å². The molecule has 0 radical (unpaired) electrons. The van der Waals surface area contributed by atoms with Crippen LogP contribution in [0.5, 0.6) is 0 Å². The van der Waals surface area contributed by atoms with Crippen LogP contribution in [0.4, 0.5) is 10.8 Å². The van der Waals surface area contributed by atoms with Gasteiger partial charge in [-0.2, -0.15) is 0 Å². The van der Waals surface area contributed by atoms with Gasteiger partial charge in [0.1, 0.15) is 5.01 Å². The molecular formula is C20H23ClN4O2S. The van der Waals surface area contributed by atoms with Crippen LogP contribution in [0.3, 0.4) is 0 Å². The van der Waals surface area contributed by atoms with Crippen molar-refractivity contribution in [1.29, 1.82) is 0 Å². The van der Waals surface area contributed by atoms with Gasteiger partial charge in [0.25, 0.3) is 0 Å². The van der Waals surface area contributed by atoms with Gasteiger partial charge < -0.3 is 10.2 Å². The molecule has 6 nitrogen and oxygen atoms in total. The standard InChI is InChI=1S/C20H23ClN4O2S/c1-12-7-8-15(10-16(12)21)25-11-14(9-17(25)26)18(27)22-20-24-23-19(28-20)13-5-3-2-4-6-13/h7-8,10,13-14H,2-6,9,11H2,1H3,(H,22,24,27)/t14-/m0/s1. The molecule has 2 fully saturated rings. The average Bonchev–Trinajstić information content (AvgIpc) is 3.31. The van der Waals surface area contributed by atoms with E-state index in [2.05, 4.69) is 15.5 Å². The number of nitrogens with zero attached hydrogens (tertiary/aromatic N) is 3. The van der Waals surface area contributed by atoms with Gasteiger partial charge in [-0.25, -0.2) is 0 Å². The first-order chi connectivity index (χ1) is 13.5. The minimum absolute atomic E-state index is 0.0692. The van der Waals surface area contributed by atoms with Crippen molar-refractivity contribution in [3.63, 3.8) is 0 Å². The van der Waals surface area contributed by atoms with Gasteiger partial charge >= 0.3 is 0 Å². The lowest BCUT2D eigenvalue weighted by molar-refractivity contribution is -0.122. The Labute approximate surface area is 173 Å². The zero-order chi connectivity index (χ0) is 19.7. The molecule has 4 rings (SSSR count). The van der Waals surface area contributed by atoms with E-state index in [0.717, 1.165) is 29.1 Å². The van der Waals surface area contributed by atoms with E-state index in [1.54, 1.807) is 11.0 Å². The van der Waals surface area contributed by atoms with E-state index in [9.17, 15) is 9.59 Å². The van der Waals surface area contributed by atoms with Gasteiger partial charge in [0.2, 0.25) is 16.9 Å². The zero-order valence-corrected chi connectivity index (χ0v) is 17.4. The molecule has 0 bridgehead atoms. The number of benzene rings is 1. The summed E-state index contributed by atoms with van der Waals surface area (Å²) in [7, 11) is 0. The maximum atomic E-state index is 12.7. The van der Waals surface area contributed by atoms with Crippen molar-refractivity contribution >= 4 is 45.6 Å². The van der Waals surface area contributed by atoms with Gasteiger partial charge in [0.05, 0.1) is 5.92 Å². The first-order valence-electron chi connectivity index (χ1n) is 9.72. The molecule has 1 atom stereocenters. The maximum absolute atomic E-state index is 12.7. The third-order valence-electron chi connectivity index (χ3n) is 5.59. The van der Waals surface area contributed by atoms with Gasteiger partial charge in [-0.3, -0.25) is 9.59 Å². The molecule has 2 amide bonds. The van der Waals surface area contributed by atoms with E-state index < -0.39 is 5.92 Å². The van der Waals surface area contributed by atoms with E-state index in [0.29, 0.717) is 22.6 Å². The molecule has 1 N–H and O–H groups in total. The Hall–Kier alpha value is -1.99. The summed E-state index contributed by atoms with van der Waals surface area (Å²) in [5.41, 5.74) is 1.68. The molecule has 1 saturated carbocycles. The van der Waals surface area contributed by atoms with Gasteiger partial charge in [-0.05, 0) is 37.5 Å². The number of carbonyl (C=O) groups excluding carboxylic acids is 2. The lowest BCUT2D eigenvalue weighted by atomic mass is 9.90. The van der Waals surface area contributed by atoms with Crippen LogP contribution in [-0.2, 0) is 9.59 Å². The fourth-order valence-corrected chi connectivity index (χ4v) is 4.98. The molecule has 1 aromatic carbocycles. The number of hydrogen-bond donors (Lipinski definition) is 1. The van der Waals surface area contributed by atoms with Crippen LogP contribution in [0.25, 0.3) is 0 Å². The van der Waals surface area contributed by atoms with E-state index in [-0.39, 0.29) is 18.2 Å². The van der Waals surface area contributed by atoms with Crippen molar-refractivity contribution in [3.8, 4) is 0 Å². The summed E-state index contributed by atoms with van der Waals surface area (Å²) in [6.45, 7) is 2.26. The fourth-order valence-electron chi connectivity index (χ4n) is 3.89. The number of nitrogens with one attached hydrogen (secondary N) is 1. The van der Waals surface area contributed by atoms with Crippen LogP contribution in [0.1, 0.15) is 55.0 Å². The van der Waals surface area contributed by atoms with E-state index in [1.807, 2.05) is 19.1 Å². The van der Waals surface area contributed by atoms with Gasteiger partial charge in [0, 0.05) is 29.6 Å². The molecule has 0 spiro atoms. The Balaban J connectivity index is 1.39. The molecular weight excluding hydrogens is 396 g/mol. The number of carbonyl (C=O) groups is 2. The smallest absolute Gasteiger partial charge is 0.231 e. The summed E-state index contributed by atoms with van der Waals surface area (Å²) in [4.78, 5) is 26.7. The van der Waals surface area contributed by atoms with Crippen molar-refractivity contribution in [1.82, 2.24) is 10.2 Å². The summed E-state index contributed by atoms with van der Waals surface area (Å²) < 4.78 is 0. The molecule has 1 saturated heterocycles. The van der Waals surface area contributed by atoms with E-state index >= 15 is 0 Å². The van der Waals surface area contributed by atoms with E-state index in [1.165, 1.54) is 30.6 Å². The summed E-state index contributed by atoms with van der Waals surface area (Å²) in [5, 5.41) is 13.4. The number of aryl methyl sites for hydroxylation is 1. The van der Waals surface area contributed by atoms with Crippen LogP contribution < -0.4 is 10.2 Å². The van der Waals surface area contributed by atoms with Crippen molar-refractivity contribution < 1.29 is 9.59 Å². The normalized spacial score (nSPS) is 20.6. The first-order valence-corrected chi connectivity index (χ1v) is 10.9. The summed E-state index contributed by atoms with van der Waals surface area (Å²) >= 11 is 7.64. The number of hydrogen-bond acceptors (Lipinski definition) is 5. The molecule has 8 heteroatoms. The Kier molecular flexibility index (Phi) is 5.64. The van der Waals surface area contributed by atoms with Crippen LogP contribution >= 0.6 is 22.9 Å². The molecule has 28 heavy (non-hydrogen) atoms. The second-order valence-corrected chi connectivity index (χ2v) is 9.02. The second-order valence-electron chi connectivity index (χ2n) is 7.61. The highest BCUT2D eigenvalue weighted by Gasteiger charge is 2.35. The molecule has 0 unspecified atom stereocenters. The summed E-state index contributed by atoms with van der Waals surface area (Å²) in [6.07, 6.45) is 6.23. The molecule has 2 heterocycles. The third-order valence-corrected chi connectivity index (χ3v) is 7.00. The quantitative estimate of drug-likeness (QED) is 0.790. The average molecular weight is 419 g/mol.